The number of carbonyl (C=O) groups is 2. The molecular weight excluding hydrogens is 550 g/mol. The van der Waals surface area contributed by atoms with Gasteiger partial charge in [-0.15, -0.1) is 0 Å². The Hall–Kier alpha value is -4.05. The van der Waals surface area contributed by atoms with E-state index in [4.69, 9.17) is 0 Å². The second-order valence-corrected chi connectivity index (χ2v) is 11.8. The molecule has 1 saturated heterocycles. The maximum Gasteiger partial charge on any atom is 0.251 e. The minimum atomic E-state index is -0.645. The molecule has 9 heteroatoms. The standard InChI is InChI=1S/C35H45N7O2/c1-25(30-10-5-8-27-7-3-4-9-31(27)30)40-35(44)32(11-6-18-37-29-16-21-42(2)22-17-29)41-34(43)28-14-12-26(13-15-28)23-36-24-33-38-19-20-39-33/h3-5,7-10,12-15,19-20,25,29,32,36-37H,6,11,16-18,21-24H2,1-2H3,(H,38,39)(H,40,44)(H,41,43)/t25-,32-/m0/s1. The first kappa shape index (κ1) is 31.4. The quantitative estimate of drug-likeness (QED) is 0.139. The molecule has 0 spiro atoms. The van der Waals surface area contributed by atoms with Crippen LogP contribution in [0.2, 0.25) is 0 Å². The van der Waals surface area contributed by atoms with Gasteiger partial charge in [0.25, 0.3) is 5.91 Å². The highest BCUT2D eigenvalue weighted by Crippen LogP contribution is 2.24. The summed E-state index contributed by atoms with van der Waals surface area (Å²) in [6.45, 7) is 6.30. The molecule has 2 atom stereocenters. The van der Waals surface area contributed by atoms with Crippen LogP contribution in [0.4, 0.5) is 0 Å². The van der Waals surface area contributed by atoms with Crippen LogP contribution in [0.5, 0.6) is 0 Å². The third-order valence-corrected chi connectivity index (χ3v) is 8.48. The summed E-state index contributed by atoms with van der Waals surface area (Å²) in [5.41, 5.74) is 2.65. The van der Waals surface area contributed by atoms with Gasteiger partial charge in [-0.1, -0.05) is 54.6 Å². The van der Waals surface area contributed by atoms with Crippen LogP contribution >= 0.6 is 0 Å². The molecule has 5 N–H and O–H groups in total. The highest BCUT2D eigenvalue weighted by atomic mass is 16.2. The van der Waals surface area contributed by atoms with Gasteiger partial charge in [0.15, 0.2) is 0 Å². The molecule has 0 bridgehead atoms. The second kappa shape index (κ2) is 15.6. The van der Waals surface area contributed by atoms with E-state index in [-0.39, 0.29) is 17.9 Å². The van der Waals surface area contributed by atoms with Crippen LogP contribution in [0.1, 0.15) is 66.0 Å². The number of aromatic nitrogens is 2. The number of H-pyrrole nitrogens is 1. The number of rotatable bonds is 14. The lowest BCUT2D eigenvalue weighted by atomic mass is 9.99. The first-order valence-electron chi connectivity index (χ1n) is 15.7. The van der Waals surface area contributed by atoms with Crippen molar-refractivity contribution < 1.29 is 9.59 Å². The Morgan fingerprint density at radius 1 is 0.977 bits per heavy atom. The first-order valence-corrected chi connectivity index (χ1v) is 15.7. The van der Waals surface area contributed by atoms with E-state index in [1.54, 1.807) is 12.4 Å². The molecule has 0 saturated carbocycles. The van der Waals surface area contributed by atoms with Crippen molar-refractivity contribution in [3.8, 4) is 0 Å². The van der Waals surface area contributed by atoms with Gasteiger partial charge in [-0.2, -0.15) is 0 Å². The number of amides is 2. The maximum absolute atomic E-state index is 13.7. The Morgan fingerprint density at radius 3 is 2.52 bits per heavy atom. The number of likely N-dealkylation sites (tertiary alicyclic amines) is 1. The minimum absolute atomic E-state index is 0.170. The van der Waals surface area contributed by atoms with Crippen LogP contribution < -0.4 is 21.3 Å². The molecule has 5 rings (SSSR count). The van der Waals surface area contributed by atoms with Gasteiger partial charge in [-0.25, -0.2) is 4.98 Å². The van der Waals surface area contributed by atoms with E-state index in [0.29, 0.717) is 31.1 Å². The lowest BCUT2D eigenvalue weighted by Crippen LogP contribution is -2.48. The number of hydrogen-bond donors (Lipinski definition) is 5. The van der Waals surface area contributed by atoms with Gasteiger partial charge in [-0.05, 0) is 93.3 Å². The van der Waals surface area contributed by atoms with E-state index in [9.17, 15) is 9.59 Å². The SMILES string of the molecule is C[C@H](NC(=O)[C@H](CCCNC1CCN(C)CC1)NC(=O)c1ccc(CNCc2ncc[nH]2)cc1)c1cccc2ccccc12. The summed E-state index contributed by atoms with van der Waals surface area (Å²) >= 11 is 0. The Balaban J connectivity index is 1.20. The maximum atomic E-state index is 13.7. The topological polar surface area (TPSA) is 114 Å². The Morgan fingerprint density at radius 2 is 1.75 bits per heavy atom. The summed E-state index contributed by atoms with van der Waals surface area (Å²) in [5.74, 6) is 0.458. The van der Waals surface area contributed by atoms with Crippen LogP contribution in [-0.4, -0.2) is 65.4 Å². The van der Waals surface area contributed by atoms with E-state index >= 15 is 0 Å². The number of nitrogens with zero attached hydrogens (tertiary/aromatic N) is 2. The normalized spacial score (nSPS) is 15.6. The molecule has 0 unspecified atom stereocenters. The lowest BCUT2D eigenvalue weighted by Gasteiger charge is -2.29. The van der Waals surface area contributed by atoms with E-state index in [1.807, 2.05) is 49.4 Å². The number of aromatic amines is 1. The largest absolute Gasteiger partial charge is 0.348 e. The predicted molar refractivity (Wildman–Crippen MR) is 175 cm³/mol. The van der Waals surface area contributed by atoms with Crippen molar-refractivity contribution in [3.05, 3.63) is 102 Å². The van der Waals surface area contributed by atoms with Crippen LogP contribution in [-0.2, 0) is 17.9 Å². The fraction of sp³-hybridized carbons (Fsp3) is 0.400. The summed E-state index contributed by atoms with van der Waals surface area (Å²) in [6.07, 6.45) is 7.13. The molecule has 44 heavy (non-hydrogen) atoms. The van der Waals surface area contributed by atoms with Gasteiger partial charge < -0.3 is 31.2 Å². The average Bonchev–Trinajstić information content (AvgIpc) is 3.57. The van der Waals surface area contributed by atoms with Crippen LogP contribution in [0.15, 0.2) is 79.1 Å². The number of carbonyl (C=O) groups excluding carboxylic acids is 2. The summed E-state index contributed by atoms with van der Waals surface area (Å²) in [5, 5.41) is 15.5. The zero-order valence-electron chi connectivity index (χ0n) is 25.8. The van der Waals surface area contributed by atoms with Crippen molar-refractivity contribution in [2.45, 2.75) is 63.8 Å². The third kappa shape index (κ3) is 8.75. The molecule has 0 aliphatic carbocycles. The number of nitrogens with one attached hydrogen (secondary N) is 5. The number of hydrogen-bond acceptors (Lipinski definition) is 6. The van der Waals surface area contributed by atoms with Gasteiger partial charge in [0.2, 0.25) is 5.91 Å². The zero-order valence-corrected chi connectivity index (χ0v) is 25.8. The molecular formula is C35H45N7O2. The molecule has 4 aromatic rings. The highest BCUT2D eigenvalue weighted by Gasteiger charge is 2.24. The van der Waals surface area contributed by atoms with Crippen LogP contribution in [0.3, 0.4) is 0 Å². The average molecular weight is 596 g/mol. The van der Waals surface area contributed by atoms with E-state index in [1.165, 1.54) is 0 Å². The van der Waals surface area contributed by atoms with Crippen molar-refractivity contribution >= 4 is 22.6 Å². The number of fused-ring (bicyclic) bond motifs is 1. The molecule has 1 aliphatic heterocycles. The van der Waals surface area contributed by atoms with Crippen molar-refractivity contribution in [1.82, 2.24) is 36.1 Å². The summed E-state index contributed by atoms with van der Waals surface area (Å²) in [6, 6.07) is 21.5. The van der Waals surface area contributed by atoms with E-state index < -0.39 is 6.04 Å². The highest BCUT2D eigenvalue weighted by molar-refractivity contribution is 5.97. The monoisotopic (exact) mass is 595 g/mol. The Kier molecular flexibility index (Phi) is 11.1. The molecule has 1 aromatic heterocycles. The molecule has 9 nitrogen and oxygen atoms in total. The molecule has 0 radical (unpaired) electrons. The van der Waals surface area contributed by atoms with Crippen LogP contribution in [0.25, 0.3) is 10.8 Å². The van der Waals surface area contributed by atoms with Crippen LogP contribution in [0, 0.1) is 0 Å². The summed E-state index contributed by atoms with van der Waals surface area (Å²) < 4.78 is 0. The molecule has 2 amide bonds. The second-order valence-electron chi connectivity index (χ2n) is 11.8. The Bertz CT molecular complexity index is 1480. The van der Waals surface area contributed by atoms with E-state index in [2.05, 4.69) is 67.4 Å². The fourth-order valence-electron chi connectivity index (χ4n) is 5.85. The molecule has 1 fully saturated rings. The zero-order chi connectivity index (χ0) is 30.7. The minimum Gasteiger partial charge on any atom is -0.348 e. The van der Waals surface area contributed by atoms with Crippen molar-refractivity contribution in [3.63, 3.8) is 0 Å². The smallest absolute Gasteiger partial charge is 0.251 e. The van der Waals surface area contributed by atoms with Gasteiger partial charge in [0, 0.05) is 30.5 Å². The van der Waals surface area contributed by atoms with Crippen molar-refractivity contribution in [1.29, 1.82) is 0 Å². The van der Waals surface area contributed by atoms with Crippen molar-refractivity contribution in [2.75, 3.05) is 26.7 Å². The van der Waals surface area contributed by atoms with Gasteiger partial charge in [0.05, 0.1) is 12.6 Å². The number of benzene rings is 3. The van der Waals surface area contributed by atoms with E-state index in [0.717, 1.165) is 66.6 Å². The summed E-state index contributed by atoms with van der Waals surface area (Å²) in [7, 11) is 2.16. The number of piperidine rings is 1. The third-order valence-electron chi connectivity index (χ3n) is 8.48. The van der Waals surface area contributed by atoms with Crippen molar-refractivity contribution in [2.24, 2.45) is 0 Å². The summed E-state index contributed by atoms with van der Waals surface area (Å²) in [4.78, 5) is 36.7. The number of imidazole rings is 1. The molecule has 3 aromatic carbocycles. The molecule has 2 heterocycles. The van der Waals surface area contributed by atoms with Gasteiger partial charge in [0.1, 0.15) is 11.9 Å². The Labute approximate surface area is 260 Å². The lowest BCUT2D eigenvalue weighted by molar-refractivity contribution is -0.123. The van der Waals surface area contributed by atoms with Gasteiger partial charge >= 0.3 is 0 Å². The fourth-order valence-corrected chi connectivity index (χ4v) is 5.85. The van der Waals surface area contributed by atoms with Gasteiger partial charge in [-0.3, -0.25) is 9.59 Å². The predicted octanol–water partition coefficient (Wildman–Crippen LogP) is 4.29. The molecule has 232 valence electrons. The first-order chi connectivity index (χ1) is 21.5. The molecule has 1 aliphatic rings.